The van der Waals surface area contributed by atoms with E-state index in [-0.39, 0.29) is 11.8 Å². The highest BCUT2D eigenvalue weighted by Gasteiger charge is 2.49. The summed E-state index contributed by atoms with van der Waals surface area (Å²) in [4.78, 5) is 26.7. The van der Waals surface area contributed by atoms with Crippen molar-refractivity contribution in [2.24, 2.45) is 11.8 Å². The number of rotatable bonds is 3. The second kappa shape index (κ2) is 4.41. The first-order chi connectivity index (χ1) is 7.63. The summed E-state index contributed by atoms with van der Waals surface area (Å²) in [5.74, 6) is -1.45. The normalized spacial score (nSPS) is 30.2. The topological polar surface area (TPSA) is 60.9 Å². The summed E-state index contributed by atoms with van der Waals surface area (Å²) in [6, 6.07) is 0. The molecule has 2 fully saturated rings. The third kappa shape index (κ3) is 2.19. The van der Waals surface area contributed by atoms with Crippen LogP contribution in [0.25, 0.3) is 0 Å². The van der Waals surface area contributed by atoms with Gasteiger partial charge in [-0.3, -0.25) is 9.59 Å². The lowest BCUT2D eigenvalue weighted by atomic mass is 10.2. The van der Waals surface area contributed by atoms with Crippen LogP contribution in [0.2, 0.25) is 0 Å². The van der Waals surface area contributed by atoms with Crippen LogP contribution in [0.5, 0.6) is 0 Å². The van der Waals surface area contributed by atoms with Gasteiger partial charge in [-0.1, -0.05) is 6.92 Å². The average Bonchev–Trinajstić information content (AvgIpc) is 3.08. The van der Waals surface area contributed by atoms with Crippen molar-refractivity contribution in [1.82, 2.24) is 9.80 Å². The van der Waals surface area contributed by atoms with Gasteiger partial charge in [0.05, 0.1) is 11.8 Å². The van der Waals surface area contributed by atoms with Crippen LogP contribution in [-0.2, 0) is 9.59 Å². The van der Waals surface area contributed by atoms with Gasteiger partial charge in [0, 0.05) is 26.2 Å². The standard InChI is InChI=1S/C11H18N2O3/c1-2-12-3-5-13(6-4-12)10(14)8-7-9(8)11(15)16/h8-9H,2-7H2,1H3,(H,15,16). The summed E-state index contributed by atoms with van der Waals surface area (Å²) in [5, 5.41) is 8.77. The van der Waals surface area contributed by atoms with Crippen molar-refractivity contribution in [2.75, 3.05) is 32.7 Å². The molecule has 2 aliphatic rings. The number of piperazine rings is 1. The van der Waals surface area contributed by atoms with Gasteiger partial charge in [-0.15, -0.1) is 0 Å². The number of hydrogen-bond donors (Lipinski definition) is 1. The molecule has 0 aromatic heterocycles. The molecule has 0 spiro atoms. The Labute approximate surface area is 95.0 Å². The molecule has 0 aromatic carbocycles. The predicted octanol–water partition coefficient (Wildman–Crippen LogP) is -0.129. The molecule has 1 amide bonds. The van der Waals surface area contributed by atoms with Crippen LogP contribution in [0.3, 0.4) is 0 Å². The number of hydrogen-bond acceptors (Lipinski definition) is 3. The molecular weight excluding hydrogens is 208 g/mol. The Balaban J connectivity index is 1.82. The molecule has 5 heteroatoms. The van der Waals surface area contributed by atoms with Gasteiger partial charge in [0.2, 0.25) is 5.91 Å². The van der Waals surface area contributed by atoms with E-state index in [2.05, 4.69) is 11.8 Å². The first-order valence-electron chi connectivity index (χ1n) is 5.87. The summed E-state index contributed by atoms with van der Waals surface area (Å²) < 4.78 is 0. The lowest BCUT2D eigenvalue weighted by molar-refractivity contribution is -0.142. The first-order valence-corrected chi connectivity index (χ1v) is 5.87. The molecule has 0 aromatic rings. The molecule has 2 atom stereocenters. The lowest BCUT2D eigenvalue weighted by Gasteiger charge is -2.34. The number of likely N-dealkylation sites (N-methyl/N-ethyl adjacent to an activating group) is 1. The van der Waals surface area contributed by atoms with Crippen LogP contribution in [0.4, 0.5) is 0 Å². The van der Waals surface area contributed by atoms with E-state index in [0.717, 1.165) is 32.7 Å². The molecule has 0 radical (unpaired) electrons. The smallest absolute Gasteiger partial charge is 0.307 e. The minimum atomic E-state index is -0.828. The van der Waals surface area contributed by atoms with Crippen molar-refractivity contribution in [2.45, 2.75) is 13.3 Å². The lowest BCUT2D eigenvalue weighted by Crippen LogP contribution is -2.49. The molecule has 1 saturated heterocycles. The molecule has 2 rings (SSSR count). The number of amides is 1. The Morgan fingerprint density at radius 2 is 1.81 bits per heavy atom. The predicted molar refractivity (Wildman–Crippen MR) is 57.9 cm³/mol. The Morgan fingerprint density at radius 1 is 1.19 bits per heavy atom. The van der Waals surface area contributed by atoms with Crippen LogP contribution >= 0.6 is 0 Å². The van der Waals surface area contributed by atoms with Gasteiger partial charge in [0.25, 0.3) is 0 Å². The number of nitrogens with zero attached hydrogens (tertiary/aromatic N) is 2. The zero-order chi connectivity index (χ0) is 11.7. The second-order valence-corrected chi connectivity index (χ2v) is 4.55. The quantitative estimate of drug-likeness (QED) is 0.728. The molecule has 90 valence electrons. The highest BCUT2D eigenvalue weighted by atomic mass is 16.4. The maximum atomic E-state index is 11.9. The minimum Gasteiger partial charge on any atom is -0.481 e. The van der Waals surface area contributed by atoms with Gasteiger partial charge in [-0.25, -0.2) is 0 Å². The van der Waals surface area contributed by atoms with Gasteiger partial charge in [-0.2, -0.15) is 0 Å². The fraction of sp³-hybridized carbons (Fsp3) is 0.818. The number of carbonyl (C=O) groups is 2. The van der Waals surface area contributed by atoms with E-state index in [9.17, 15) is 9.59 Å². The van der Waals surface area contributed by atoms with Crippen molar-refractivity contribution in [3.63, 3.8) is 0 Å². The van der Waals surface area contributed by atoms with Crippen LogP contribution in [0.1, 0.15) is 13.3 Å². The zero-order valence-electron chi connectivity index (χ0n) is 9.56. The van der Waals surface area contributed by atoms with E-state index < -0.39 is 11.9 Å². The van der Waals surface area contributed by atoms with E-state index >= 15 is 0 Å². The SMILES string of the molecule is CCN1CCN(C(=O)C2CC2C(=O)O)CC1. The van der Waals surface area contributed by atoms with Crippen molar-refractivity contribution in [3.05, 3.63) is 0 Å². The molecule has 1 aliphatic carbocycles. The van der Waals surface area contributed by atoms with E-state index in [1.165, 1.54) is 0 Å². The number of carboxylic acid groups (broad SMARTS) is 1. The molecule has 1 saturated carbocycles. The third-order valence-corrected chi connectivity index (χ3v) is 3.56. The summed E-state index contributed by atoms with van der Waals surface area (Å²) in [7, 11) is 0. The molecule has 5 nitrogen and oxygen atoms in total. The zero-order valence-corrected chi connectivity index (χ0v) is 9.56. The fourth-order valence-corrected chi connectivity index (χ4v) is 2.26. The van der Waals surface area contributed by atoms with E-state index in [4.69, 9.17) is 5.11 Å². The Hall–Kier alpha value is -1.10. The van der Waals surface area contributed by atoms with Crippen molar-refractivity contribution in [1.29, 1.82) is 0 Å². The Kier molecular flexibility index (Phi) is 3.14. The fourth-order valence-electron chi connectivity index (χ4n) is 2.26. The van der Waals surface area contributed by atoms with Gasteiger partial charge < -0.3 is 14.9 Å². The maximum absolute atomic E-state index is 11.9. The molecule has 1 aliphatic heterocycles. The summed E-state index contributed by atoms with van der Waals surface area (Å²) >= 11 is 0. The van der Waals surface area contributed by atoms with Gasteiger partial charge in [0.1, 0.15) is 0 Å². The van der Waals surface area contributed by atoms with Crippen LogP contribution < -0.4 is 0 Å². The first kappa shape index (κ1) is 11.4. The second-order valence-electron chi connectivity index (χ2n) is 4.55. The summed E-state index contributed by atoms with van der Waals surface area (Å²) in [6.45, 7) is 6.44. The van der Waals surface area contributed by atoms with Crippen molar-refractivity contribution in [3.8, 4) is 0 Å². The number of carboxylic acids is 1. The third-order valence-electron chi connectivity index (χ3n) is 3.56. The molecular formula is C11H18N2O3. The van der Waals surface area contributed by atoms with Gasteiger partial charge >= 0.3 is 5.97 Å². The highest BCUT2D eigenvalue weighted by Crippen LogP contribution is 2.40. The van der Waals surface area contributed by atoms with E-state index in [1.54, 1.807) is 0 Å². The van der Waals surface area contributed by atoms with E-state index in [0.29, 0.717) is 6.42 Å². The monoisotopic (exact) mass is 226 g/mol. The Morgan fingerprint density at radius 3 is 2.25 bits per heavy atom. The summed E-state index contributed by atoms with van der Waals surface area (Å²) in [5.41, 5.74) is 0. The number of carbonyl (C=O) groups excluding carboxylic acids is 1. The number of aliphatic carboxylic acids is 1. The van der Waals surface area contributed by atoms with Crippen LogP contribution in [0, 0.1) is 11.8 Å². The molecule has 2 unspecified atom stereocenters. The van der Waals surface area contributed by atoms with Gasteiger partial charge in [-0.05, 0) is 13.0 Å². The van der Waals surface area contributed by atoms with E-state index in [1.807, 2.05) is 4.90 Å². The van der Waals surface area contributed by atoms with Crippen molar-refractivity contribution < 1.29 is 14.7 Å². The largest absolute Gasteiger partial charge is 0.481 e. The average molecular weight is 226 g/mol. The van der Waals surface area contributed by atoms with Crippen LogP contribution in [0.15, 0.2) is 0 Å². The molecule has 16 heavy (non-hydrogen) atoms. The van der Waals surface area contributed by atoms with Gasteiger partial charge in [0.15, 0.2) is 0 Å². The molecule has 1 N–H and O–H groups in total. The minimum absolute atomic E-state index is 0.0446. The van der Waals surface area contributed by atoms with Crippen molar-refractivity contribution >= 4 is 11.9 Å². The van der Waals surface area contributed by atoms with Crippen LogP contribution in [-0.4, -0.2) is 59.5 Å². The maximum Gasteiger partial charge on any atom is 0.307 e. The molecule has 1 heterocycles. The highest BCUT2D eigenvalue weighted by molar-refractivity contribution is 5.89. The Bertz CT molecular complexity index is 298. The summed E-state index contributed by atoms with van der Waals surface area (Å²) in [6.07, 6.45) is 0.530. The molecule has 0 bridgehead atoms.